The van der Waals surface area contributed by atoms with E-state index in [1.54, 1.807) is 6.08 Å². The molecule has 0 radical (unpaired) electrons. The summed E-state index contributed by atoms with van der Waals surface area (Å²) < 4.78 is 0. The fraction of sp³-hybridized carbons (Fsp3) is 0.286. The summed E-state index contributed by atoms with van der Waals surface area (Å²) in [5, 5.41) is 17.7. The molecule has 0 saturated carbocycles. The third-order valence-electron chi connectivity index (χ3n) is 2.71. The van der Waals surface area contributed by atoms with Gasteiger partial charge in [0.05, 0.1) is 5.92 Å². The quantitative estimate of drug-likeness (QED) is 0.643. The molecule has 0 saturated heterocycles. The molecule has 1 aromatic rings. The van der Waals surface area contributed by atoms with E-state index in [-0.39, 0.29) is 6.42 Å². The first-order valence-corrected chi connectivity index (χ1v) is 5.92. The van der Waals surface area contributed by atoms with Crippen molar-refractivity contribution in [3.05, 3.63) is 48.0 Å². The molecule has 5 nitrogen and oxygen atoms in total. The van der Waals surface area contributed by atoms with Gasteiger partial charge in [-0.2, -0.15) is 0 Å². The molecule has 0 spiro atoms. The minimum absolute atomic E-state index is 0.115. The van der Waals surface area contributed by atoms with Crippen molar-refractivity contribution in [2.24, 2.45) is 11.7 Å². The monoisotopic (exact) mass is 263 g/mol. The molecule has 0 bridgehead atoms. The normalized spacial score (nSPS) is 14.2. The van der Waals surface area contributed by atoms with Crippen LogP contribution in [0.4, 0.5) is 0 Å². The van der Waals surface area contributed by atoms with Crippen LogP contribution >= 0.6 is 0 Å². The molecule has 2 atom stereocenters. The first kappa shape index (κ1) is 14.9. The fourth-order valence-corrected chi connectivity index (χ4v) is 1.62. The molecule has 102 valence electrons. The zero-order valence-corrected chi connectivity index (χ0v) is 10.4. The summed E-state index contributed by atoms with van der Waals surface area (Å²) in [6.07, 6.45) is 3.71. The van der Waals surface area contributed by atoms with Gasteiger partial charge in [0.15, 0.2) is 0 Å². The number of carboxylic acids is 2. The molecule has 1 aromatic carbocycles. The van der Waals surface area contributed by atoms with E-state index < -0.39 is 23.9 Å². The summed E-state index contributed by atoms with van der Waals surface area (Å²) >= 11 is 0. The lowest BCUT2D eigenvalue weighted by Crippen LogP contribution is -2.33. The topological polar surface area (TPSA) is 101 Å². The van der Waals surface area contributed by atoms with Crippen LogP contribution in [-0.4, -0.2) is 28.2 Å². The molecule has 2 unspecified atom stereocenters. The molecule has 1 rings (SSSR count). The van der Waals surface area contributed by atoms with Gasteiger partial charge in [0.2, 0.25) is 0 Å². The highest BCUT2D eigenvalue weighted by molar-refractivity contribution is 5.76. The predicted octanol–water partition coefficient (Wildman–Crippen LogP) is 1.29. The van der Waals surface area contributed by atoms with Gasteiger partial charge in [0.25, 0.3) is 0 Å². The number of rotatable bonds is 7. The maximum absolute atomic E-state index is 11.0. The predicted molar refractivity (Wildman–Crippen MR) is 70.6 cm³/mol. The van der Waals surface area contributed by atoms with Crippen LogP contribution in [0.3, 0.4) is 0 Å². The van der Waals surface area contributed by atoms with E-state index in [0.29, 0.717) is 6.42 Å². The molecule has 4 N–H and O–H groups in total. The van der Waals surface area contributed by atoms with Gasteiger partial charge in [0, 0.05) is 0 Å². The number of carbonyl (C=O) groups is 2. The molecular weight excluding hydrogens is 246 g/mol. The highest BCUT2D eigenvalue weighted by atomic mass is 16.4. The van der Waals surface area contributed by atoms with Crippen molar-refractivity contribution in [1.29, 1.82) is 0 Å². The molecule has 0 aliphatic rings. The summed E-state index contributed by atoms with van der Waals surface area (Å²) in [7, 11) is 0. The molecule has 0 aliphatic heterocycles. The van der Waals surface area contributed by atoms with Gasteiger partial charge in [-0.1, -0.05) is 42.5 Å². The van der Waals surface area contributed by atoms with Crippen LogP contribution in [0.25, 0.3) is 0 Å². The number of aliphatic carboxylic acids is 2. The third kappa shape index (κ3) is 5.35. The second-order valence-electron chi connectivity index (χ2n) is 4.24. The Bertz CT molecular complexity index is 456. The van der Waals surface area contributed by atoms with Gasteiger partial charge in [0.1, 0.15) is 6.04 Å². The Morgan fingerprint density at radius 1 is 1.16 bits per heavy atom. The Morgan fingerprint density at radius 2 is 1.79 bits per heavy atom. The van der Waals surface area contributed by atoms with Gasteiger partial charge in [-0.05, 0) is 18.4 Å². The molecule has 0 aliphatic carbocycles. The largest absolute Gasteiger partial charge is 0.481 e. The van der Waals surface area contributed by atoms with E-state index in [0.717, 1.165) is 5.56 Å². The molecule has 0 amide bonds. The van der Waals surface area contributed by atoms with Crippen molar-refractivity contribution in [2.45, 2.75) is 18.9 Å². The Morgan fingerprint density at radius 3 is 2.32 bits per heavy atom. The smallest absolute Gasteiger partial charge is 0.320 e. The zero-order valence-electron chi connectivity index (χ0n) is 10.4. The molecule has 5 heteroatoms. The number of allylic oxidation sites excluding steroid dienone is 1. The fourth-order valence-electron chi connectivity index (χ4n) is 1.62. The summed E-state index contributed by atoms with van der Waals surface area (Å²) in [6, 6.07) is 8.41. The van der Waals surface area contributed by atoms with Crippen LogP contribution in [0.5, 0.6) is 0 Å². The third-order valence-corrected chi connectivity index (χ3v) is 2.71. The summed E-state index contributed by atoms with van der Waals surface area (Å²) in [4.78, 5) is 21.6. The Kier molecular flexibility index (Phi) is 5.75. The lowest BCUT2D eigenvalue weighted by Gasteiger charge is -2.10. The van der Waals surface area contributed by atoms with Crippen molar-refractivity contribution >= 4 is 11.9 Å². The number of carboxylic acid groups (broad SMARTS) is 2. The van der Waals surface area contributed by atoms with Crippen LogP contribution < -0.4 is 5.73 Å². The van der Waals surface area contributed by atoms with Crippen molar-refractivity contribution < 1.29 is 19.8 Å². The number of nitrogens with two attached hydrogens (primary N) is 1. The summed E-state index contributed by atoms with van der Waals surface area (Å²) in [5.41, 5.74) is 6.40. The van der Waals surface area contributed by atoms with Crippen LogP contribution in [0, 0.1) is 5.92 Å². The van der Waals surface area contributed by atoms with Gasteiger partial charge >= 0.3 is 11.9 Å². The Hall–Kier alpha value is -2.14. The van der Waals surface area contributed by atoms with Gasteiger partial charge in [-0.3, -0.25) is 9.59 Å². The van der Waals surface area contributed by atoms with Gasteiger partial charge < -0.3 is 15.9 Å². The summed E-state index contributed by atoms with van der Waals surface area (Å²) in [6.45, 7) is 0. The van der Waals surface area contributed by atoms with E-state index in [9.17, 15) is 9.59 Å². The van der Waals surface area contributed by atoms with Crippen LogP contribution in [-0.2, 0) is 16.0 Å². The highest BCUT2D eigenvalue weighted by Gasteiger charge is 2.21. The van der Waals surface area contributed by atoms with Gasteiger partial charge in [-0.25, -0.2) is 0 Å². The second-order valence-corrected chi connectivity index (χ2v) is 4.24. The van der Waals surface area contributed by atoms with Crippen molar-refractivity contribution in [3.63, 3.8) is 0 Å². The first-order chi connectivity index (χ1) is 9.00. The molecule has 0 heterocycles. The maximum Gasteiger partial charge on any atom is 0.320 e. The minimum Gasteiger partial charge on any atom is -0.481 e. The molecule has 19 heavy (non-hydrogen) atoms. The molecular formula is C14H17NO4. The summed E-state index contributed by atoms with van der Waals surface area (Å²) in [5.74, 6) is -3.14. The van der Waals surface area contributed by atoms with Crippen molar-refractivity contribution in [3.8, 4) is 0 Å². The SMILES string of the molecule is NC(CC(C=CCc1ccccc1)C(=O)O)C(=O)O. The van der Waals surface area contributed by atoms with E-state index in [2.05, 4.69) is 0 Å². The zero-order chi connectivity index (χ0) is 14.3. The average molecular weight is 263 g/mol. The van der Waals surface area contributed by atoms with E-state index in [4.69, 9.17) is 15.9 Å². The minimum atomic E-state index is -1.19. The maximum atomic E-state index is 11.0. The number of benzene rings is 1. The molecule has 0 fully saturated rings. The van der Waals surface area contributed by atoms with E-state index in [1.807, 2.05) is 30.3 Å². The van der Waals surface area contributed by atoms with Crippen LogP contribution in [0.1, 0.15) is 12.0 Å². The van der Waals surface area contributed by atoms with Gasteiger partial charge in [-0.15, -0.1) is 0 Å². The Labute approximate surface area is 111 Å². The first-order valence-electron chi connectivity index (χ1n) is 5.92. The van der Waals surface area contributed by atoms with E-state index in [1.165, 1.54) is 6.08 Å². The van der Waals surface area contributed by atoms with Crippen LogP contribution in [0.2, 0.25) is 0 Å². The number of hydrogen-bond donors (Lipinski definition) is 3. The molecule has 0 aromatic heterocycles. The lowest BCUT2D eigenvalue weighted by molar-refractivity contribution is -0.142. The second kappa shape index (κ2) is 7.33. The highest BCUT2D eigenvalue weighted by Crippen LogP contribution is 2.10. The number of hydrogen-bond acceptors (Lipinski definition) is 3. The lowest BCUT2D eigenvalue weighted by atomic mass is 9.99. The van der Waals surface area contributed by atoms with Crippen molar-refractivity contribution in [2.75, 3.05) is 0 Å². The van der Waals surface area contributed by atoms with Crippen LogP contribution in [0.15, 0.2) is 42.5 Å². The van der Waals surface area contributed by atoms with Crippen molar-refractivity contribution in [1.82, 2.24) is 0 Å². The Balaban J connectivity index is 2.58. The standard InChI is InChI=1S/C14H17NO4/c15-12(14(18)19)9-11(13(16)17)8-4-7-10-5-2-1-3-6-10/h1-6,8,11-12H,7,9,15H2,(H,16,17)(H,18,19). The van der Waals surface area contributed by atoms with E-state index >= 15 is 0 Å². The average Bonchev–Trinajstić information content (AvgIpc) is 2.38.